The van der Waals surface area contributed by atoms with Gasteiger partial charge in [-0.2, -0.15) is 5.10 Å². The molecule has 2 aromatic heterocycles. The maximum atomic E-state index is 10.4. The highest BCUT2D eigenvalue weighted by molar-refractivity contribution is 7.12. The van der Waals surface area contributed by atoms with E-state index in [-0.39, 0.29) is 0 Å². The Balaban J connectivity index is 1.88. The fraction of sp³-hybridized carbons (Fsp3) is 0.500. The molecule has 1 aliphatic rings. The molecule has 0 spiro atoms. The van der Waals surface area contributed by atoms with Crippen LogP contribution >= 0.6 is 11.3 Å². The van der Waals surface area contributed by atoms with Crippen molar-refractivity contribution >= 4 is 11.3 Å². The summed E-state index contributed by atoms with van der Waals surface area (Å²) in [5, 5.41) is 14.6. The number of nitrogens with zero attached hydrogens (tertiary/aromatic N) is 2. The lowest BCUT2D eigenvalue weighted by molar-refractivity contribution is 0.218. The molecule has 18 heavy (non-hydrogen) atoms. The highest BCUT2D eigenvalue weighted by Gasteiger charge is 2.19. The Morgan fingerprint density at radius 1 is 1.33 bits per heavy atom. The first-order valence-corrected chi connectivity index (χ1v) is 7.35. The van der Waals surface area contributed by atoms with Gasteiger partial charge in [-0.3, -0.25) is 4.68 Å². The number of aliphatic hydroxyl groups excluding tert-OH is 1. The number of thiophene rings is 1. The van der Waals surface area contributed by atoms with E-state index in [0.717, 1.165) is 10.6 Å². The normalized spacial score (nSPS) is 17.2. The lowest BCUT2D eigenvalue weighted by atomic mass is 10.1. The molecule has 2 aromatic rings. The quantitative estimate of drug-likeness (QED) is 0.845. The third kappa shape index (κ3) is 2.22. The van der Waals surface area contributed by atoms with Gasteiger partial charge in [-0.25, -0.2) is 0 Å². The molecule has 3 rings (SSSR count). The predicted octanol–water partition coefficient (Wildman–Crippen LogP) is 2.83. The molecule has 2 heterocycles. The van der Waals surface area contributed by atoms with Gasteiger partial charge in [0.15, 0.2) is 0 Å². The first kappa shape index (κ1) is 11.9. The summed E-state index contributed by atoms with van der Waals surface area (Å²) in [4.78, 5) is 2.51. The fourth-order valence-corrected chi connectivity index (χ4v) is 3.81. The van der Waals surface area contributed by atoms with Crippen molar-refractivity contribution in [2.45, 2.75) is 38.2 Å². The number of rotatable bonds is 2. The number of hydrogen-bond acceptors (Lipinski definition) is 3. The minimum atomic E-state index is -0.567. The largest absolute Gasteiger partial charge is 0.381 e. The molecule has 0 aromatic carbocycles. The summed E-state index contributed by atoms with van der Waals surface area (Å²) in [6.07, 6.45) is 7.55. The van der Waals surface area contributed by atoms with E-state index in [4.69, 9.17) is 0 Å². The second kappa shape index (κ2) is 4.86. The average Bonchev–Trinajstić information content (AvgIpc) is 2.90. The Bertz CT molecular complexity index is 520. The average molecular weight is 262 g/mol. The van der Waals surface area contributed by atoms with Crippen molar-refractivity contribution in [3.8, 4) is 0 Å². The van der Waals surface area contributed by atoms with Crippen LogP contribution in [0.25, 0.3) is 0 Å². The zero-order valence-electron chi connectivity index (χ0n) is 10.6. The van der Waals surface area contributed by atoms with Crippen LogP contribution in [0.2, 0.25) is 0 Å². The molecule has 0 fully saturated rings. The van der Waals surface area contributed by atoms with Gasteiger partial charge in [-0.1, -0.05) is 6.42 Å². The summed E-state index contributed by atoms with van der Waals surface area (Å²) < 4.78 is 1.73. The van der Waals surface area contributed by atoms with E-state index in [2.05, 4.69) is 11.2 Å². The second-order valence-electron chi connectivity index (χ2n) is 4.97. The Kier molecular flexibility index (Phi) is 3.22. The molecule has 1 aliphatic carbocycles. The SMILES string of the molecule is Cn1ccc(C(O)c2cc3c(s2)CCCCC3)n1. The van der Waals surface area contributed by atoms with Gasteiger partial charge in [0.25, 0.3) is 0 Å². The highest BCUT2D eigenvalue weighted by atomic mass is 32.1. The Hall–Kier alpha value is -1.13. The molecule has 0 saturated carbocycles. The third-order valence-corrected chi connectivity index (χ3v) is 4.84. The first-order valence-electron chi connectivity index (χ1n) is 6.53. The van der Waals surface area contributed by atoms with E-state index in [1.165, 1.54) is 42.5 Å². The molecule has 0 bridgehead atoms. The minimum Gasteiger partial charge on any atom is -0.381 e. The van der Waals surface area contributed by atoms with Crippen LogP contribution in [0.4, 0.5) is 0 Å². The number of aryl methyl sites for hydroxylation is 3. The van der Waals surface area contributed by atoms with E-state index >= 15 is 0 Å². The molecule has 1 N–H and O–H groups in total. The Labute approximate surface area is 111 Å². The maximum Gasteiger partial charge on any atom is 0.132 e. The van der Waals surface area contributed by atoms with E-state index in [0.29, 0.717) is 0 Å². The number of hydrogen-bond donors (Lipinski definition) is 1. The second-order valence-corrected chi connectivity index (χ2v) is 6.14. The van der Waals surface area contributed by atoms with Crippen molar-refractivity contribution < 1.29 is 5.11 Å². The van der Waals surface area contributed by atoms with Crippen LogP contribution < -0.4 is 0 Å². The zero-order valence-corrected chi connectivity index (χ0v) is 11.4. The molecular weight excluding hydrogens is 244 g/mol. The molecule has 0 radical (unpaired) electrons. The summed E-state index contributed by atoms with van der Waals surface area (Å²) in [7, 11) is 1.87. The van der Waals surface area contributed by atoms with Crippen LogP contribution in [0, 0.1) is 0 Å². The monoisotopic (exact) mass is 262 g/mol. The van der Waals surface area contributed by atoms with Crippen LogP contribution in [0.3, 0.4) is 0 Å². The fourth-order valence-electron chi connectivity index (χ4n) is 2.55. The van der Waals surface area contributed by atoms with Gasteiger partial charge < -0.3 is 5.11 Å². The summed E-state index contributed by atoms with van der Waals surface area (Å²) in [5.41, 5.74) is 2.19. The molecule has 4 heteroatoms. The summed E-state index contributed by atoms with van der Waals surface area (Å²) in [6, 6.07) is 4.07. The number of aliphatic hydroxyl groups is 1. The van der Waals surface area contributed by atoms with Crippen molar-refractivity contribution in [3.05, 3.63) is 39.3 Å². The van der Waals surface area contributed by atoms with Gasteiger partial charge in [0, 0.05) is 23.0 Å². The maximum absolute atomic E-state index is 10.4. The van der Waals surface area contributed by atoms with Crippen molar-refractivity contribution in [2.75, 3.05) is 0 Å². The van der Waals surface area contributed by atoms with E-state index in [9.17, 15) is 5.11 Å². The zero-order chi connectivity index (χ0) is 12.5. The molecule has 1 unspecified atom stereocenters. The van der Waals surface area contributed by atoms with E-state index < -0.39 is 6.10 Å². The molecule has 1 atom stereocenters. The Morgan fingerprint density at radius 3 is 2.94 bits per heavy atom. The molecule has 0 saturated heterocycles. The third-order valence-electron chi connectivity index (χ3n) is 3.55. The van der Waals surface area contributed by atoms with Gasteiger partial charge in [-0.05, 0) is 43.4 Å². The van der Waals surface area contributed by atoms with Crippen LogP contribution in [-0.2, 0) is 19.9 Å². The molecule has 0 amide bonds. The van der Waals surface area contributed by atoms with E-state index in [1.54, 1.807) is 16.0 Å². The van der Waals surface area contributed by atoms with Crippen LogP contribution in [-0.4, -0.2) is 14.9 Å². The van der Waals surface area contributed by atoms with Crippen LogP contribution in [0.5, 0.6) is 0 Å². The molecule has 96 valence electrons. The van der Waals surface area contributed by atoms with Crippen molar-refractivity contribution in [2.24, 2.45) is 7.05 Å². The van der Waals surface area contributed by atoms with Crippen molar-refractivity contribution in [3.63, 3.8) is 0 Å². The van der Waals surface area contributed by atoms with Crippen molar-refractivity contribution in [1.82, 2.24) is 9.78 Å². The summed E-state index contributed by atoms with van der Waals surface area (Å²) >= 11 is 1.76. The Morgan fingerprint density at radius 2 is 2.17 bits per heavy atom. The van der Waals surface area contributed by atoms with Gasteiger partial charge >= 0.3 is 0 Å². The smallest absolute Gasteiger partial charge is 0.132 e. The van der Waals surface area contributed by atoms with Gasteiger partial charge in [0.1, 0.15) is 6.10 Å². The lowest BCUT2D eigenvalue weighted by Gasteiger charge is -2.04. The minimum absolute atomic E-state index is 0.567. The molecule has 0 aliphatic heterocycles. The number of fused-ring (bicyclic) bond motifs is 1. The van der Waals surface area contributed by atoms with Crippen molar-refractivity contribution in [1.29, 1.82) is 0 Å². The van der Waals surface area contributed by atoms with Gasteiger partial charge in [-0.15, -0.1) is 11.3 Å². The number of aromatic nitrogens is 2. The standard InChI is InChI=1S/C14H18N2OS/c1-16-8-7-11(15-16)14(17)13-9-10-5-3-2-4-6-12(10)18-13/h7-9,14,17H,2-6H2,1H3. The first-order chi connectivity index (χ1) is 8.74. The van der Waals surface area contributed by atoms with Gasteiger partial charge in [0.2, 0.25) is 0 Å². The van der Waals surface area contributed by atoms with E-state index in [1.807, 2.05) is 19.3 Å². The van der Waals surface area contributed by atoms with Crippen LogP contribution in [0.1, 0.15) is 46.4 Å². The molecular formula is C14H18N2OS. The summed E-state index contributed by atoms with van der Waals surface area (Å²) in [5.74, 6) is 0. The summed E-state index contributed by atoms with van der Waals surface area (Å²) in [6.45, 7) is 0. The topological polar surface area (TPSA) is 38.0 Å². The highest BCUT2D eigenvalue weighted by Crippen LogP contribution is 2.34. The van der Waals surface area contributed by atoms with Gasteiger partial charge in [0.05, 0.1) is 5.69 Å². The van der Waals surface area contributed by atoms with Crippen LogP contribution in [0.15, 0.2) is 18.3 Å². The lowest BCUT2D eigenvalue weighted by Crippen LogP contribution is -1.99. The predicted molar refractivity (Wildman–Crippen MR) is 72.8 cm³/mol. The molecule has 3 nitrogen and oxygen atoms in total.